The number of hydrogen-bond donors (Lipinski definition) is 0. The molecule has 22 heavy (non-hydrogen) atoms. The SMILES string of the molecule is CC(C)CN1C[C@@H]2CN(C(=O)/C=C/c3cccs3)C[C@@H]2C1=O. The summed E-state index contributed by atoms with van der Waals surface area (Å²) in [6.07, 6.45) is 3.48. The van der Waals surface area contributed by atoms with Crippen LogP contribution in [-0.2, 0) is 9.59 Å². The Labute approximate surface area is 135 Å². The van der Waals surface area contributed by atoms with Gasteiger partial charge in [-0.15, -0.1) is 11.3 Å². The van der Waals surface area contributed by atoms with E-state index in [0.29, 0.717) is 24.9 Å². The molecule has 4 nitrogen and oxygen atoms in total. The number of hydrogen-bond acceptors (Lipinski definition) is 3. The molecular formula is C17H22N2O2S. The molecule has 5 heteroatoms. The van der Waals surface area contributed by atoms with E-state index in [9.17, 15) is 9.59 Å². The minimum Gasteiger partial charge on any atom is -0.342 e. The molecule has 3 heterocycles. The zero-order chi connectivity index (χ0) is 15.7. The van der Waals surface area contributed by atoms with Crippen molar-refractivity contribution in [1.29, 1.82) is 0 Å². The summed E-state index contributed by atoms with van der Waals surface area (Å²) in [5.74, 6) is 1.07. The molecule has 0 N–H and O–H groups in total. The molecule has 2 aliphatic heterocycles. The summed E-state index contributed by atoms with van der Waals surface area (Å²) in [4.78, 5) is 29.5. The van der Waals surface area contributed by atoms with Gasteiger partial charge in [0.25, 0.3) is 0 Å². The number of fused-ring (bicyclic) bond motifs is 1. The first-order chi connectivity index (χ1) is 10.5. The standard InChI is InChI=1S/C17H22N2O2S/c1-12(2)8-19-10-13-9-18(11-15(13)17(19)21)16(20)6-5-14-4-3-7-22-14/h3-7,12-13,15H,8-11H2,1-2H3/b6-5+/t13-,15-/m0/s1. The van der Waals surface area contributed by atoms with Gasteiger partial charge in [0.1, 0.15) is 0 Å². The highest BCUT2D eigenvalue weighted by Gasteiger charge is 2.46. The maximum atomic E-state index is 12.4. The van der Waals surface area contributed by atoms with Crippen molar-refractivity contribution in [2.24, 2.45) is 17.8 Å². The van der Waals surface area contributed by atoms with E-state index >= 15 is 0 Å². The third-order valence-corrected chi connectivity index (χ3v) is 5.19. The van der Waals surface area contributed by atoms with E-state index in [1.54, 1.807) is 17.4 Å². The van der Waals surface area contributed by atoms with Gasteiger partial charge in [-0.2, -0.15) is 0 Å². The van der Waals surface area contributed by atoms with Crippen LogP contribution in [0.15, 0.2) is 23.6 Å². The zero-order valence-electron chi connectivity index (χ0n) is 13.1. The number of likely N-dealkylation sites (tertiary alicyclic amines) is 2. The lowest BCUT2D eigenvalue weighted by Gasteiger charge is -2.22. The highest BCUT2D eigenvalue weighted by atomic mass is 32.1. The Balaban J connectivity index is 1.58. The molecule has 1 aromatic heterocycles. The Morgan fingerprint density at radius 1 is 1.41 bits per heavy atom. The molecule has 3 rings (SSSR count). The number of nitrogens with zero attached hydrogens (tertiary/aromatic N) is 2. The number of rotatable bonds is 4. The molecule has 0 unspecified atom stereocenters. The Kier molecular flexibility index (Phi) is 4.34. The molecule has 0 aromatic carbocycles. The predicted octanol–water partition coefficient (Wildman–Crippen LogP) is 2.33. The summed E-state index contributed by atoms with van der Waals surface area (Å²) in [5.41, 5.74) is 0. The quantitative estimate of drug-likeness (QED) is 0.800. The average Bonchev–Trinajstić information content (AvgIpc) is 3.16. The van der Waals surface area contributed by atoms with Gasteiger partial charge in [0.15, 0.2) is 0 Å². The summed E-state index contributed by atoms with van der Waals surface area (Å²) < 4.78 is 0. The Hall–Kier alpha value is -1.62. The van der Waals surface area contributed by atoms with E-state index in [0.717, 1.165) is 18.0 Å². The topological polar surface area (TPSA) is 40.6 Å². The van der Waals surface area contributed by atoms with Crippen molar-refractivity contribution in [2.45, 2.75) is 13.8 Å². The largest absolute Gasteiger partial charge is 0.342 e. The first kappa shape index (κ1) is 15.3. The average molecular weight is 318 g/mol. The molecule has 0 aliphatic carbocycles. The van der Waals surface area contributed by atoms with Gasteiger partial charge in [0.2, 0.25) is 11.8 Å². The molecule has 0 spiro atoms. The maximum absolute atomic E-state index is 12.4. The number of amides is 2. The summed E-state index contributed by atoms with van der Waals surface area (Å²) in [5, 5.41) is 1.99. The minimum absolute atomic E-state index is 0.0119. The van der Waals surface area contributed by atoms with Crippen LogP contribution >= 0.6 is 11.3 Å². The normalized spacial score (nSPS) is 24.8. The Morgan fingerprint density at radius 2 is 2.23 bits per heavy atom. The lowest BCUT2D eigenvalue weighted by Crippen LogP contribution is -2.36. The van der Waals surface area contributed by atoms with Gasteiger partial charge in [-0.3, -0.25) is 9.59 Å². The van der Waals surface area contributed by atoms with E-state index in [2.05, 4.69) is 13.8 Å². The van der Waals surface area contributed by atoms with Gasteiger partial charge in [-0.25, -0.2) is 0 Å². The van der Waals surface area contributed by atoms with Gasteiger partial charge in [0, 0.05) is 43.1 Å². The third-order valence-electron chi connectivity index (χ3n) is 4.36. The number of carbonyl (C=O) groups is 2. The summed E-state index contributed by atoms with van der Waals surface area (Å²) in [7, 11) is 0. The molecule has 118 valence electrons. The van der Waals surface area contributed by atoms with Crippen molar-refractivity contribution < 1.29 is 9.59 Å². The molecule has 2 atom stereocenters. The van der Waals surface area contributed by atoms with Crippen LogP contribution in [0.25, 0.3) is 6.08 Å². The zero-order valence-corrected chi connectivity index (χ0v) is 13.9. The second-order valence-corrected chi connectivity index (χ2v) is 7.57. The molecule has 2 aliphatic rings. The van der Waals surface area contributed by atoms with Gasteiger partial charge in [-0.1, -0.05) is 19.9 Å². The van der Waals surface area contributed by atoms with Crippen molar-refractivity contribution >= 4 is 29.2 Å². The molecule has 0 radical (unpaired) electrons. The lowest BCUT2D eigenvalue weighted by molar-refractivity contribution is -0.132. The van der Waals surface area contributed by atoms with Crippen LogP contribution < -0.4 is 0 Å². The van der Waals surface area contributed by atoms with Gasteiger partial charge >= 0.3 is 0 Å². The summed E-state index contributed by atoms with van der Waals surface area (Å²) in [6.45, 7) is 7.18. The fourth-order valence-electron chi connectivity index (χ4n) is 3.37. The molecule has 2 saturated heterocycles. The second-order valence-electron chi connectivity index (χ2n) is 6.60. The van der Waals surface area contributed by atoms with Crippen molar-refractivity contribution in [1.82, 2.24) is 9.80 Å². The highest BCUT2D eigenvalue weighted by Crippen LogP contribution is 2.32. The first-order valence-corrected chi connectivity index (χ1v) is 8.72. The molecule has 1 aromatic rings. The predicted molar refractivity (Wildman–Crippen MR) is 88.3 cm³/mol. The number of thiophene rings is 1. The molecule has 2 amide bonds. The fourth-order valence-corrected chi connectivity index (χ4v) is 3.99. The molecular weight excluding hydrogens is 296 g/mol. The van der Waals surface area contributed by atoms with Crippen LogP contribution in [0.2, 0.25) is 0 Å². The Morgan fingerprint density at radius 3 is 2.86 bits per heavy atom. The molecule has 0 saturated carbocycles. The second kappa shape index (κ2) is 6.24. The first-order valence-electron chi connectivity index (χ1n) is 7.84. The van der Waals surface area contributed by atoms with Crippen LogP contribution in [0.3, 0.4) is 0 Å². The highest BCUT2D eigenvalue weighted by molar-refractivity contribution is 7.10. The van der Waals surface area contributed by atoms with E-state index in [1.165, 1.54) is 0 Å². The molecule has 0 bridgehead atoms. The Bertz CT molecular complexity index is 579. The van der Waals surface area contributed by atoms with Crippen molar-refractivity contribution in [3.63, 3.8) is 0 Å². The van der Waals surface area contributed by atoms with Gasteiger partial charge in [-0.05, 0) is 23.4 Å². The monoisotopic (exact) mass is 318 g/mol. The van der Waals surface area contributed by atoms with Crippen LogP contribution in [0.1, 0.15) is 18.7 Å². The fraction of sp³-hybridized carbons (Fsp3) is 0.529. The van der Waals surface area contributed by atoms with E-state index in [-0.39, 0.29) is 17.7 Å². The molecule has 2 fully saturated rings. The summed E-state index contributed by atoms with van der Waals surface area (Å²) >= 11 is 1.61. The van der Waals surface area contributed by atoms with E-state index in [4.69, 9.17) is 0 Å². The van der Waals surface area contributed by atoms with Crippen LogP contribution in [0.4, 0.5) is 0 Å². The minimum atomic E-state index is 0.0119. The van der Waals surface area contributed by atoms with Crippen LogP contribution in [-0.4, -0.2) is 47.8 Å². The third kappa shape index (κ3) is 3.09. The van der Waals surface area contributed by atoms with Crippen molar-refractivity contribution in [3.8, 4) is 0 Å². The van der Waals surface area contributed by atoms with Gasteiger partial charge in [0.05, 0.1) is 5.92 Å². The number of carbonyl (C=O) groups excluding carboxylic acids is 2. The van der Waals surface area contributed by atoms with Crippen molar-refractivity contribution in [2.75, 3.05) is 26.2 Å². The van der Waals surface area contributed by atoms with Crippen LogP contribution in [0.5, 0.6) is 0 Å². The van der Waals surface area contributed by atoms with Crippen LogP contribution in [0, 0.1) is 17.8 Å². The maximum Gasteiger partial charge on any atom is 0.246 e. The lowest BCUT2D eigenvalue weighted by atomic mass is 10.0. The van der Waals surface area contributed by atoms with Gasteiger partial charge < -0.3 is 9.80 Å². The van der Waals surface area contributed by atoms with Crippen molar-refractivity contribution in [3.05, 3.63) is 28.5 Å². The van der Waals surface area contributed by atoms with E-state index in [1.807, 2.05) is 33.4 Å². The summed E-state index contributed by atoms with van der Waals surface area (Å²) in [6, 6.07) is 3.96. The smallest absolute Gasteiger partial charge is 0.246 e. The van der Waals surface area contributed by atoms with E-state index < -0.39 is 0 Å².